The van der Waals surface area contributed by atoms with E-state index in [1.54, 1.807) is 7.11 Å². The van der Waals surface area contributed by atoms with Crippen LogP contribution in [0.3, 0.4) is 0 Å². The number of hydrogen-bond donors (Lipinski definition) is 1. The predicted octanol–water partition coefficient (Wildman–Crippen LogP) is 2.16. The molecule has 2 heterocycles. The second-order valence-electron chi connectivity index (χ2n) is 7.03. The molecule has 0 saturated carbocycles. The Morgan fingerprint density at radius 2 is 1.81 bits per heavy atom. The largest absolute Gasteiger partial charge is 0.497 e. The van der Waals surface area contributed by atoms with E-state index in [0.29, 0.717) is 12.2 Å². The van der Waals surface area contributed by atoms with Gasteiger partial charge in [-0.3, -0.25) is 9.69 Å². The summed E-state index contributed by atoms with van der Waals surface area (Å²) in [6, 6.07) is 9.88. The van der Waals surface area contributed by atoms with Crippen LogP contribution < -0.4 is 10.1 Å². The summed E-state index contributed by atoms with van der Waals surface area (Å²) in [4.78, 5) is 17.4. The molecule has 1 fully saturated rings. The number of likely N-dealkylation sites (N-methyl/N-ethyl adjacent to an activating group) is 1. The molecule has 3 rings (SSSR count). The summed E-state index contributed by atoms with van der Waals surface area (Å²) < 4.78 is 7.22. The maximum Gasteiger partial charge on any atom is 0.267 e. The van der Waals surface area contributed by atoms with E-state index in [9.17, 15) is 4.79 Å². The van der Waals surface area contributed by atoms with Gasteiger partial charge < -0.3 is 19.5 Å². The molecular formula is C21H30N4O2. The van der Waals surface area contributed by atoms with Gasteiger partial charge in [-0.15, -0.1) is 0 Å². The van der Waals surface area contributed by atoms with E-state index in [-0.39, 0.29) is 5.91 Å². The smallest absolute Gasteiger partial charge is 0.267 e. The van der Waals surface area contributed by atoms with Crippen LogP contribution in [0.1, 0.15) is 17.4 Å². The Morgan fingerprint density at radius 1 is 1.11 bits per heavy atom. The van der Waals surface area contributed by atoms with Gasteiger partial charge in [0.1, 0.15) is 11.4 Å². The van der Waals surface area contributed by atoms with E-state index in [2.05, 4.69) is 29.1 Å². The second-order valence-corrected chi connectivity index (χ2v) is 7.03. The molecule has 0 bridgehead atoms. The molecule has 0 atom stereocenters. The van der Waals surface area contributed by atoms with Crippen LogP contribution in [0.4, 0.5) is 0 Å². The number of nitrogens with zero attached hydrogens (tertiary/aromatic N) is 3. The standard InChI is InChI=1S/C21H30N4O2/c1-4-25-16-18(17-5-7-19(27-3)8-6-17)15-20(25)21(26)22-9-10-24-13-11-23(2)12-14-24/h5-8,15-16H,4,9-14H2,1-3H3,(H,22,26). The monoisotopic (exact) mass is 370 g/mol. The van der Waals surface area contributed by atoms with Crippen molar-refractivity contribution in [2.45, 2.75) is 13.5 Å². The lowest BCUT2D eigenvalue weighted by molar-refractivity contribution is 0.0932. The number of hydrogen-bond acceptors (Lipinski definition) is 4. The molecule has 1 aromatic carbocycles. The van der Waals surface area contributed by atoms with E-state index in [0.717, 1.165) is 56.1 Å². The number of aromatic nitrogens is 1. The van der Waals surface area contributed by atoms with E-state index in [1.807, 2.05) is 41.1 Å². The Kier molecular flexibility index (Phi) is 6.53. The number of nitrogens with one attached hydrogen (secondary N) is 1. The number of aryl methyl sites for hydroxylation is 1. The first kappa shape index (κ1) is 19.5. The van der Waals surface area contributed by atoms with Gasteiger partial charge in [-0.25, -0.2) is 0 Å². The third-order valence-corrected chi connectivity index (χ3v) is 5.20. The number of amides is 1. The van der Waals surface area contributed by atoms with Crippen LogP contribution in [0.2, 0.25) is 0 Å². The van der Waals surface area contributed by atoms with Crippen molar-refractivity contribution < 1.29 is 9.53 Å². The number of rotatable bonds is 7. The Morgan fingerprint density at radius 3 is 2.44 bits per heavy atom. The van der Waals surface area contributed by atoms with Crippen molar-refractivity contribution in [1.82, 2.24) is 19.7 Å². The first-order valence-electron chi connectivity index (χ1n) is 9.64. The number of carbonyl (C=O) groups is 1. The lowest BCUT2D eigenvalue weighted by Crippen LogP contribution is -2.47. The molecule has 27 heavy (non-hydrogen) atoms. The summed E-state index contributed by atoms with van der Waals surface area (Å²) in [6.07, 6.45) is 2.04. The van der Waals surface area contributed by atoms with Crippen LogP contribution in [0.5, 0.6) is 5.75 Å². The zero-order valence-electron chi connectivity index (χ0n) is 16.6. The van der Waals surface area contributed by atoms with Crippen molar-refractivity contribution in [3.63, 3.8) is 0 Å². The number of piperazine rings is 1. The van der Waals surface area contributed by atoms with Gasteiger partial charge in [-0.05, 0) is 37.7 Å². The van der Waals surface area contributed by atoms with Crippen LogP contribution in [0.15, 0.2) is 36.5 Å². The third-order valence-electron chi connectivity index (χ3n) is 5.20. The minimum Gasteiger partial charge on any atom is -0.497 e. The maximum atomic E-state index is 12.7. The molecular weight excluding hydrogens is 340 g/mol. The lowest BCUT2D eigenvalue weighted by Gasteiger charge is -2.32. The van der Waals surface area contributed by atoms with Crippen molar-refractivity contribution in [2.24, 2.45) is 0 Å². The van der Waals surface area contributed by atoms with E-state index in [4.69, 9.17) is 4.74 Å². The first-order valence-corrected chi connectivity index (χ1v) is 9.64. The summed E-state index contributed by atoms with van der Waals surface area (Å²) in [5.41, 5.74) is 2.83. The second kappa shape index (κ2) is 9.06. The van der Waals surface area contributed by atoms with Crippen molar-refractivity contribution in [2.75, 3.05) is 53.4 Å². The quantitative estimate of drug-likeness (QED) is 0.812. The molecule has 1 aromatic heterocycles. The molecule has 1 aliphatic rings. The van der Waals surface area contributed by atoms with E-state index >= 15 is 0 Å². The summed E-state index contributed by atoms with van der Waals surface area (Å²) in [6.45, 7) is 8.72. The predicted molar refractivity (Wildman–Crippen MR) is 108 cm³/mol. The molecule has 1 aliphatic heterocycles. The lowest BCUT2D eigenvalue weighted by atomic mass is 10.1. The van der Waals surface area contributed by atoms with Gasteiger partial charge in [0.05, 0.1) is 7.11 Å². The molecule has 0 aliphatic carbocycles. The molecule has 0 spiro atoms. The Hall–Kier alpha value is -2.31. The van der Waals surface area contributed by atoms with Crippen LogP contribution in [0.25, 0.3) is 11.1 Å². The van der Waals surface area contributed by atoms with Crippen LogP contribution in [-0.2, 0) is 6.54 Å². The minimum absolute atomic E-state index is 0.00857. The first-order chi connectivity index (χ1) is 13.1. The number of carbonyl (C=O) groups excluding carboxylic acids is 1. The maximum absolute atomic E-state index is 12.7. The molecule has 146 valence electrons. The van der Waals surface area contributed by atoms with Crippen molar-refractivity contribution in [1.29, 1.82) is 0 Å². The highest BCUT2D eigenvalue weighted by Gasteiger charge is 2.16. The third kappa shape index (κ3) is 4.90. The van der Waals surface area contributed by atoms with Crippen molar-refractivity contribution in [3.05, 3.63) is 42.2 Å². The Labute approximate surface area is 161 Å². The molecule has 0 unspecified atom stereocenters. The molecule has 1 N–H and O–H groups in total. The van der Waals surface area contributed by atoms with Gasteiger partial charge in [0.2, 0.25) is 0 Å². The summed E-state index contributed by atoms with van der Waals surface area (Å²) >= 11 is 0. The zero-order chi connectivity index (χ0) is 19.2. The van der Waals surface area contributed by atoms with Gasteiger partial charge in [-0.1, -0.05) is 12.1 Å². The van der Waals surface area contributed by atoms with Crippen molar-refractivity contribution in [3.8, 4) is 16.9 Å². The van der Waals surface area contributed by atoms with E-state index in [1.165, 1.54) is 0 Å². The molecule has 6 nitrogen and oxygen atoms in total. The molecule has 1 saturated heterocycles. The highest BCUT2D eigenvalue weighted by atomic mass is 16.5. The fourth-order valence-corrected chi connectivity index (χ4v) is 3.39. The zero-order valence-corrected chi connectivity index (χ0v) is 16.6. The summed E-state index contributed by atoms with van der Waals surface area (Å²) in [5, 5.41) is 3.08. The fraction of sp³-hybridized carbons (Fsp3) is 0.476. The molecule has 0 radical (unpaired) electrons. The van der Waals surface area contributed by atoms with Gasteiger partial charge in [-0.2, -0.15) is 0 Å². The number of methoxy groups -OCH3 is 1. The summed E-state index contributed by atoms with van der Waals surface area (Å²) in [7, 11) is 3.81. The number of benzene rings is 1. The van der Waals surface area contributed by atoms with Crippen molar-refractivity contribution >= 4 is 5.91 Å². The highest BCUT2D eigenvalue weighted by Crippen LogP contribution is 2.24. The van der Waals surface area contributed by atoms with Gasteiger partial charge in [0, 0.05) is 57.6 Å². The van der Waals surface area contributed by atoms with Crippen LogP contribution in [-0.4, -0.2) is 73.7 Å². The Balaban J connectivity index is 1.61. The SMILES string of the molecule is CCn1cc(-c2ccc(OC)cc2)cc1C(=O)NCCN1CCN(C)CC1. The average Bonchev–Trinajstić information content (AvgIpc) is 3.14. The van der Waals surface area contributed by atoms with Gasteiger partial charge in [0.25, 0.3) is 5.91 Å². The average molecular weight is 370 g/mol. The van der Waals surface area contributed by atoms with Gasteiger partial charge in [0.15, 0.2) is 0 Å². The molecule has 6 heteroatoms. The van der Waals surface area contributed by atoms with Crippen LogP contribution >= 0.6 is 0 Å². The molecule has 1 amide bonds. The molecule has 2 aromatic rings. The van der Waals surface area contributed by atoms with Gasteiger partial charge >= 0.3 is 0 Å². The minimum atomic E-state index is -0.00857. The fourth-order valence-electron chi connectivity index (χ4n) is 3.39. The number of ether oxygens (including phenoxy) is 1. The highest BCUT2D eigenvalue weighted by molar-refractivity contribution is 5.94. The summed E-state index contributed by atoms with van der Waals surface area (Å²) in [5.74, 6) is 0.821. The normalized spacial score (nSPS) is 15.7. The van der Waals surface area contributed by atoms with E-state index < -0.39 is 0 Å². The Bertz CT molecular complexity index is 746. The van der Waals surface area contributed by atoms with Crippen LogP contribution in [0, 0.1) is 0 Å². The topological polar surface area (TPSA) is 49.7 Å².